The van der Waals surface area contributed by atoms with E-state index in [9.17, 15) is 0 Å². The molecule has 4 nitrogen and oxygen atoms in total. The quantitative estimate of drug-likeness (QED) is 0.436. The Balaban J connectivity index is 2.10. The van der Waals surface area contributed by atoms with Crippen LogP contribution in [-0.4, -0.2) is 32.7 Å². The SMILES string of the molecule is CCCCNC(=NC)NCCCOc1ccc(C)cc1. The summed E-state index contributed by atoms with van der Waals surface area (Å²) in [5.41, 5.74) is 1.25. The third-order valence-corrected chi connectivity index (χ3v) is 2.95. The molecule has 0 heterocycles. The van der Waals surface area contributed by atoms with Crippen LogP contribution in [0.25, 0.3) is 0 Å². The minimum absolute atomic E-state index is 0.710. The average molecular weight is 277 g/mol. The van der Waals surface area contributed by atoms with Crippen molar-refractivity contribution in [3.05, 3.63) is 29.8 Å². The van der Waals surface area contributed by atoms with Gasteiger partial charge in [0.25, 0.3) is 0 Å². The Kier molecular flexibility index (Phi) is 8.27. The Morgan fingerprint density at radius 1 is 1.10 bits per heavy atom. The van der Waals surface area contributed by atoms with Crippen molar-refractivity contribution >= 4 is 5.96 Å². The normalized spacial score (nSPS) is 11.2. The lowest BCUT2D eigenvalue weighted by atomic mass is 10.2. The third kappa shape index (κ3) is 7.02. The van der Waals surface area contributed by atoms with Gasteiger partial charge in [-0.05, 0) is 31.9 Å². The van der Waals surface area contributed by atoms with E-state index in [1.165, 1.54) is 12.0 Å². The topological polar surface area (TPSA) is 45.7 Å². The van der Waals surface area contributed by atoms with Crippen LogP contribution < -0.4 is 15.4 Å². The van der Waals surface area contributed by atoms with Crippen LogP contribution in [0.4, 0.5) is 0 Å². The maximum atomic E-state index is 5.67. The van der Waals surface area contributed by atoms with Crippen molar-refractivity contribution in [2.75, 3.05) is 26.7 Å². The number of ether oxygens (including phenoxy) is 1. The lowest BCUT2D eigenvalue weighted by molar-refractivity contribution is 0.311. The number of guanidine groups is 1. The fourth-order valence-electron chi connectivity index (χ4n) is 1.71. The largest absolute Gasteiger partial charge is 0.494 e. The van der Waals surface area contributed by atoms with E-state index in [1.807, 2.05) is 12.1 Å². The van der Waals surface area contributed by atoms with Gasteiger partial charge in [-0.15, -0.1) is 0 Å². The van der Waals surface area contributed by atoms with E-state index in [4.69, 9.17) is 4.74 Å². The van der Waals surface area contributed by atoms with Crippen molar-refractivity contribution in [2.24, 2.45) is 4.99 Å². The van der Waals surface area contributed by atoms with Crippen LogP contribution in [-0.2, 0) is 0 Å². The second-order valence-electron chi connectivity index (χ2n) is 4.79. The van der Waals surface area contributed by atoms with Gasteiger partial charge in [0.15, 0.2) is 5.96 Å². The van der Waals surface area contributed by atoms with Crippen molar-refractivity contribution < 1.29 is 4.74 Å². The van der Waals surface area contributed by atoms with E-state index in [-0.39, 0.29) is 0 Å². The zero-order chi connectivity index (χ0) is 14.6. The highest BCUT2D eigenvalue weighted by Gasteiger charge is 1.97. The molecule has 1 aromatic carbocycles. The van der Waals surface area contributed by atoms with Gasteiger partial charge < -0.3 is 15.4 Å². The number of aryl methyl sites for hydroxylation is 1. The molecule has 0 fully saturated rings. The molecule has 0 unspecified atom stereocenters. The monoisotopic (exact) mass is 277 g/mol. The lowest BCUT2D eigenvalue weighted by Crippen LogP contribution is -2.38. The van der Waals surface area contributed by atoms with E-state index in [0.29, 0.717) is 6.61 Å². The van der Waals surface area contributed by atoms with Crippen LogP contribution >= 0.6 is 0 Å². The third-order valence-electron chi connectivity index (χ3n) is 2.95. The van der Waals surface area contributed by atoms with Crippen LogP contribution in [0.5, 0.6) is 5.75 Å². The molecule has 1 aromatic rings. The molecule has 0 spiro atoms. The van der Waals surface area contributed by atoms with Crippen molar-refractivity contribution in [3.63, 3.8) is 0 Å². The van der Waals surface area contributed by atoms with Gasteiger partial charge in [0.1, 0.15) is 5.75 Å². The van der Waals surface area contributed by atoms with Crippen molar-refractivity contribution in [3.8, 4) is 5.75 Å². The Hall–Kier alpha value is -1.71. The molecular weight excluding hydrogens is 250 g/mol. The number of nitrogens with one attached hydrogen (secondary N) is 2. The zero-order valence-corrected chi connectivity index (χ0v) is 12.9. The van der Waals surface area contributed by atoms with Gasteiger partial charge in [-0.25, -0.2) is 0 Å². The van der Waals surface area contributed by atoms with Gasteiger partial charge in [-0.2, -0.15) is 0 Å². The molecule has 0 saturated heterocycles. The fourth-order valence-corrected chi connectivity index (χ4v) is 1.71. The van der Waals surface area contributed by atoms with Crippen molar-refractivity contribution in [1.82, 2.24) is 10.6 Å². The van der Waals surface area contributed by atoms with Crippen LogP contribution in [0.1, 0.15) is 31.7 Å². The van der Waals surface area contributed by atoms with Gasteiger partial charge in [0, 0.05) is 20.1 Å². The summed E-state index contributed by atoms with van der Waals surface area (Å²) < 4.78 is 5.67. The molecule has 0 aliphatic rings. The van der Waals surface area contributed by atoms with Gasteiger partial charge in [-0.1, -0.05) is 31.0 Å². The molecule has 20 heavy (non-hydrogen) atoms. The number of hydrogen-bond acceptors (Lipinski definition) is 2. The second kappa shape index (κ2) is 10.1. The summed E-state index contributed by atoms with van der Waals surface area (Å²) in [6.07, 6.45) is 3.30. The molecule has 4 heteroatoms. The highest BCUT2D eigenvalue weighted by atomic mass is 16.5. The molecule has 112 valence electrons. The first-order valence-electron chi connectivity index (χ1n) is 7.40. The summed E-state index contributed by atoms with van der Waals surface area (Å²) in [5.74, 6) is 1.80. The molecule has 0 amide bonds. The fraction of sp³-hybridized carbons (Fsp3) is 0.562. The van der Waals surface area contributed by atoms with E-state index in [1.54, 1.807) is 7.05 Å². The predicted octanol–water partition coefficient (Wildman–Crippen LogP) is 2.73. The van der Waals surface area contributed by atoms with Gasteiger partial charge in [0.05, 0.1) is 6.61 Å². The minimum atomic E-state index is 0.710. The molecular formula is C16H27N3O. The highest BCUT2D eigenvalue weighted by Crippen LogP contribution is 2.11. The minimum Gasteiger partial charge on any atom is -0.494 e. The number of aliphatic imine (C=N–C) groups is 1. The summed E-state index contributed by atoms with van der Waals surface area (Å²) in [6.45, 7) is 6.79. The molecule has 0 radical (unpaired) electrons. The first-order valence-corrected chi connectivity index (χ1v) is 7.40. The first kappa shape index (κ1) is 16.3. The van der Waals surface area contributed by atoms with Crippen LogP contribution in [0.15, 0.2) is 29.3 Å². The van der Waals surface area contributed by atoms with E-state index >= 15 is 0 Å². The molecule has 2 N–H and O–H groups in total. The summed E-state index contributed by atoms with van der Waals surface area (Å²) in [4.78, 5) is 4.18. The first-order chi connectivity index (χ1) is 9.76. The maximum absolute atomic E-state index is 5.67. The highest BCUT2D eigenvalue weighted by molar-refractivity contribution is 5.79. The predicted molar refractivity (Wildman–Crippen MR) is 85.6 cm³/mol. The molecule has 0 aliphatic carbocycles. The molecule has 0 atom stereocenters. The molecule has 0 aromatic heterocycles. The van der Waals surface area contributed by atoms with Gasteiger partial charge in [-0.3, -0.25) is 4.99 Å². The number of nitrogens with zero attached hydrogens (tertiary/aromatic N) is 1. The Morgan fingerprint density at radius 3 is 2.35 bits per heavy atom. The maximum Gasteiger partial charge on any atom is 0.190 e. The lowest BCUT2D eigenvalue weighted by Gasteiger charge is -2.11. The summed E-state index contributed by atoms with van der Waals surface area (Å²) in [6, 6.07) is 8.14. The Morgan fingerprint density at radius 2 is 1.75 bits per heavy atom. The Labute approximate surface area is 122 Å². The zero-order valence-electron chi connectivity index (χ0n) is 12.9. The van der Waals surface area contributed by atoms with E-state index in [2.05, 4.69) is 41.6 Å². The number of benzene rings is 1. The standard InChI is InChI=1S/C16H27N3O/c1-4-5-11-18-16(17-3)19-12-6-13-20-15-9-7-14(2)8-10-15/h7-10H,4-6,11-13H2,1-3H3,(H2,17,18,19). The number of rotatable bonds is 8. The van der Waals surface area contributed by atoms with Gasteiger partial charge in [0.2, 0.25) is 0 Å². The summed E-state index contributed by atoms with van der Waals surface area (Å²) >= 11 is 0. The van der Waals surface area contributed by atoms with E-state index in [0.717, 1.165) is 37.6 Å². The smallest absolute Gasteiger partial charge is 0.190 e. The van der Waals surface area contributed by atoms with Crippen LogP contribution in [0.3, 0.4) is 0 Å². The number of hydrogen-bond donors (Lipinski definition) is 2. The van der Waals surface area contributed by atoms with Crippen LogP contribution in [0, 0.1) is 6.92 Å². The molecule has 0 aliphatic heterocycles. The van der Waals surface area contributed by atoms with E-state index < -0.39 is 0 Å². The summed E-state index contributed by atoms with van der Waals surface area (Å²) in [7, 11) is 1.80. The second-order valence-corrected chi connectivity index (χ2v) is 4.79. The van der Waals surface area contributed by atoms with Crippen molar-refractivity contribution in [1.29, 1.82) is 0 Å². The molecule has 0 bridgehead atoms. The molecule has 0 saturated carbocycles. The van der Waals surface area contributed by atoms with Gasteiger partial charge >= 0.3 is 0 Å². The average Bonchev–Trinajstić information content (AvgIpc) is 2.47. The summed E-state index contributed by atoms with van der Waals surface area (Å²) in [5, 5.41) is 6.57. The van der Waals surface area contributed by atoms with Crippen molar-refractivity contribution in [2.45, 2.75) is 33.1 Å². The van der Waals surface area contributed by atoms with Crippen LogP contribution in [0.2, 0.25) is 0 Å². The molecule has 1 rings (SSSR count). The number of unbranched alkanes of at least 4 members (excludes halogenated alkanes) is 1. The Bertz CT molecular complexity index is 387.